The lowest BCUT2D eigenvalue weighted by molar-refractivity contribution is -0.115. The van der Waals surface area contributed by atoms with Gasteiger partial charge in [0.25, 0.3) is 5.89 Å². The summed E-state index contributed by atoms with van der Waals surface area (Å²) in [6, 6.07) is 12.7. The number of rotatable bonds is 5. The van der Waals surface area contributed by atoms with E-state index in [1.165, 1.54) is 0 Å². The molecule has 1 N–H and O–H groups in total. The highest BCUT2D eigenvalue weighted by Crippen LogP contribution is 2.30. The molecule has 3 aromatic rings. The molecule has 0 radical (unpaired) electrons. The minimum Gasteiger partial charge on any atom is -0.403 e. The fourth-order valence-corrected chi connectivity index (χ4v) is 3.04. The quantitative estimate of drug-likeness (QED) is 0.621. The molecule has 0 bridgehead atoms. The van der Waals surface area contributed by atoms with Crippen molar-refractivity contribution in [3.8, 4) is 11.5 Å². The van der Waals surface area contributed by atoms with Crippen LogP contribution >= 0.6 is 35.0 Å². The minimum atomic E-state index is -0.241. The molecular formula is C17H13Cl2N3O2S. The van der Waals surface area contributed by atoms with Crippen LogP contribution in [0.5, 0.6) is 0 Å². The van der Waals surface area contributed by atoms with Crippen LogP contribution < -0.4 is 5.32 Å². The van der Waals surface area contributed by atoms with Gasteiger partial charge in [-0.2, -0.15) is 0 Å². The van der Waals surface area contributed by atoms with Gasteiger partial charge in [0.05, 0.1) is 17.0 Å². The van der Waals surface area contributed by atoms with Gasteiger partial charge in [0, 0.05) is 9.92 Å². The number of benzene rings is 2. The highest BCUT2D eigenvalue weighted by atomic mass is 35.5. The lowest BCUT2D eigenvalue weighted by atomic mass is 10.1. The van der Waals surface area contributed by atoms with Crippen molar-refractivity contribution in [3.05, 3.63) is 58.1 Å². The van der Waals surface area contributed by atoms with Gasteiger partial charge >= 0.3 is 6.01 Å². The first-order valence-electron chi connectivity index (χ1n) is 7.27. The van der Waals surface area contributed by atoms with Crippen LogP contribution in [0.2, 0.25) is 10.0 Å². The zero-order chi connectivity index (χ0) is 17.8. The van der Waals surface area contributed by atoms with Gasteiger partial charge in [0.2, 0.25) is 5.91 Å². The number of amides is 1. The van der Waals surface area contributed by atoms with E-state index in [0.29, 0.717) is 15.6 Å². The number of hydrogen-bond donors (Lipinski definition) is 1. The van der Waals surface area contributed by atoms with Gasteiger partial charge in [-0.15, -0.1) is 16.9 Å². The number of halogens is 2. The molecule has 3 rings (SSSR count). The molecule has 0 fully saturated rings. The van der Waals surface area contributed by atoms with Crippen LogP contribution in [0, 0.1) is 0 Å². The first-order valence-corrected chi connectivity index (χ1v) is 9.25. The van der Waals surface area contributed by atoms with Crippen molar-refractivity contribution in [2.75, 3.05) is 11.6 Å². The summed E-state index contributed by atoms with van der Waals surface area (Å²) in [5, 5.41) is 11.2. The maximum Gasteiger partial charge on any atom is 0.322 e. The first-order chi connectivity index (χ1) is 12.0. The SMILES string of the molecule is CSc1ccc(CC(=O)Nc2nnc(-c3ccc(Cl)cc3Cl)o2)cc1. The predicted molar refractivity (Wildman–Crippen MR) is 100 cm³/mol. The fraction of sp³-hybridized carbons (Fsp3) is 0.118. The van der Waals surface area contributed by atoms with Crippen molar-refractivity contribution in [1.29, 1.82) is 0 Å². The van der Waals surface area contributed by atoms with Crippen molar-refractivity contribution in [3.63, 3.8) is 0 Å². The van der Waals surface area contributed by atoms with Crippen molar-refractivity contribution >= 4 is 46.9 Å². The molecule has 8 heteroatoms. The summed E-state index contributed by atoms with van der Waals surface area (Å²) in [6.45, 7) is 0. The summed E-state index contributed by atoms with van der Waals surface area (Å²) < 4.78 is 5.45. The number of carbonyl (C=O) groups is 1. The molecule has 1 aromatic heterocycles. The van der Waals surface area contributed by atoms with E-state index in [0.717, 1.165) is 10.5 Å². The third kappa shape index (κ3) is 4.54. The molecule has 0 aliphatic carbocycles. The Morgan fingerprint density at radius 3 is 2.60 bits per heavy atom. The fourth-order valence-electron chi connectivity index (χ4n) is 2.14. The molecule has 0 atom stereocenters. The average molecular weight is 394 g/mol. The Kier molecular flexibility index (Phi) is 5.63. The maximum atomic E-state index is 12.1. The molecule has 25 heavy (non-hydrogen) atoms. The molecule has 0 spiro atoms. The Morgan fingerprint density at radius 2 is 1.92 bits per heavy atom. The van der Waals surface area contributed by atoms with E-state index in [-0.39, 0.29) is 24.2 Å². The number of nitrogens with one attached hydrogen (secondary N) is 1. The second-order valence-electron chi connectivity index (χ2n) is 5.11. The minimum absolute atomic E-state index is 0.0201. The van der Waals surface area contributed by atoms with Crippen LogP contribution in [0.25, 0.3) is 11.5 Å². The van der Waals surface area contributed by atoms with Gasteiger partial charge in [-0.05, 0) is 42.2 Å². The average Bonchev–Trinajstić information content (AvgIpc) is 3.03. The van der Waals surface area contributed by atoms with Gasteiger partial charge in [0.15, 0.2) is 0 Å². The van der Waals surface area contributed by atoms with E-state index >= 15 is 0 Å². The number of carbonyl (C=O) groups excluding carboxylic acids is 1. The Morgan fingerprint density at radius 1 is 1.16 bits per heavy atom. The van der Waals surface area contributed by atoms with Gasteiger partial charge in [0.1, 0.15) is 0 Å². The second kappa shape index (κ2) is 7.91. The zero-order valence-corrected chi connectivity index (χ0v) is 15.5. The third-order valence-electron chi connectivity index (χ3n) is 3.36. The molecule has 0 unspecified atom stereocenters. The molecular weight excluding hydrogens is 381 g/mol. The molecule has 2 aromatic carbocycles. The summed E-state index contributed by atoms with van der Waals surface area (Å²) >= 11 is 13.6. The summed E-state index contributed by atoms with van der Waals surface area (Å²) in [5.74, 6) is -0.0319. The van der Waals surface area contributed by atoms with Crippen LogP contribution in [0.15, 0.2) is 51.8 Å². The second-order valence-corrected chi connectivity index (χ2v) is 6.83. The summed E-state index contributed by atoms with van der Waals surface area (Å²) in [5.41, 5.74) is 1.45. The van der Waals surface area contributed by atoms with Gasteiger partial charge in [-0.25, -0.2) is 0 Å². The van der Waals surface area contributed by atoms with Gasteiger partial charge in [-0.1, -0.05) is 40.4 Å². The van der Waals surface area contributed by atoms with E-state index in [4.69, 9.17) is 27.6 Å². The molecule has 0 saturated heterocycles. The number of thioether (sulfide) groups is 1. The normalized spacial score (nSPS) is 10.7. The van der Waals surface area contributed by atoms with Crippen LogP contribution in [-0.4, -0.2) is 22.4 Å². The zero-order valence-electron chi connectivity index (χ0n) is 13.1. The summed E-state index contributed by atoms with van der Waals surface area (Å²) in [4.78, 5) is 13.3. The number of anilines is 1. The molecule has 1 heterocycles. The number of nitrogens with zero attached hydrogens (tertiary/aromatic N) is 2. The Labute approximate surface area is 158 Å². The van der Waals surface area contributed by atoms with Crippen molar-refractivity contribution in [2.45, 2.75) is 11.3 Å². The van der Waals surface area contributed by atoms with Crippen LogP contribution in [-0.2, 0) is 11.2 Å². The Balaban J connectivity index is 1.67. The standard InChI is InChI=1S/C17H13Cl2N3O2S/c1-25-12-5-2-10(3-6-12)8-15(23)20-17-22-21-16(24-17)13-7-4-11(18)9-14(13)19/h2-7,9H,8H2,1H3,(H,20,22,23). The maximum absolute atomic E-state index is 12.1. The monoisotopic (exact) mass is 393 g/mol. The highest BCUT2D eigenvalue weighted by Gasteiger charge is 2.14. The van der Waals surface area contributed by atoms with E-state index in [2.05, 4.69) is 15.5 Å². The Hall–Kier alpha value is -2.02. The molecule has 1 amide bonds. The smallest absolute Gasteiger partial charge is 0.322 e. The highest BCUT2D eigenvalue weighted by molar-refractivity contribution is 7.98. The summed E-state index contributed by atoms with van der Waals surface area (Å²) in [6.07, 6.45) is 2.22. The van der Waals surface area contributed by atoms with E-state index in [1.54, 1.807) is 30.0 Å². The van der Waals surface area contributed by atoms with Crippen molar-refractivity contribution < 1.29 is 9.21 Å². The van der Waals surface area contributed by atoms with Crippen molar-refractivity contribution in [1.82, 2.24) is 10.2 Å². The Bertz CT molecular complexity index is 897. The van der Waals surface area contributed by atoms with E-state index < -0.39 is 0 Å². The summed E-state index contributed by atoms with van der Waals surface area (Å²) in [7, 11) is 0. The lowest BCUT2D eigenvalue weighted by Gasteiger charge is -2.02. The van der Waals surface area contributed by atoms with Crippen molar-refractivity contribution in [2.24, 2.45) is 0 Å². The third-order valence-corrected chi connectivity index (χ3v) is 4.65. The topological polar surface area (TPSA) is 68.0 Å². The number of aromatic nitrogens is 2. The molecule has 0 saturated carbocycles. The van der Waals surface area contributed by atoms with Gasteiger partial charge in [-0.3, -0.25) is 10.1 Å². The molecule has 0 aliphatic heterocycles. The first kappa shape index (κ1) is 17.8. The van der Waals surface area contributed by atoms with Crippen LogP contribution in [0.4, 0.5) is 6.01 Å². The van der Waals surface area contributed by atoms with E-state index in [1.807, 2.05) is 30.5 Å². The molecule has 128 valence electrons. The van der Waals surface area contributed by atoms with Crippen LogP contribution in [0.3, 0.4) is 0 Å². The van der Waals surface area contributed by atoms with E-state index in [9.17, 15) is 4.79 Å². The largest absolute Gasteiger partial charge is 0.403 e. The predicted octanol–water partition coefficient (Wildman–Crippen LogP) is 4.95. The lowest BCUT2D eigenvalue weighted by Crippen LogP contribution is -2.14. The number of hydrogen-bond acceptors (Lipinski definition) is 5. The molecule has 0 aliphatic rings. The van der Waals surface area contributed by atoms with Crippen LogP contribution in [0.1, 0.15) is 5.56 Å². The van der Waals surface area contributed by atoms with Gasteiger partial charge < -0.3 is 4.42 Å². The molecule has 5 nitrogen and oxygen atoms in total.